The zero-order valence-electron chi connectivity index (χ0n) is 6.18. The largest absolute Gasteiger partial charge is 0.394 e. The first-order valence-electron chi connectivity index (χ1n) is 3.34. The van der Waals surface area contributed by atoms with Gasteiger partial charge in [-0.05, 0) is 5.56 Å². The summed E-state index contributed by atoms with van der Waals surface area (Å²) in [5.74, 6) is -0.465. The molecule has 0 aliphatic heterocycles. The van der Waals surface area contributed by atoms with Crippen LogP contribution in [0.15, 0.2) is 30.3 Å². The van der Waals surface area contributed by atoms with Crippen molar-refractivity contribution < 1.29 is 8.98 Å². The van der Waals surface area contributed by atoms with Crippen LogP contribution in [-0.4, -0.2) is 5.97 Å². The topological polar surface area (TPSA) is 26.3 Å². The van der Waals surface area contributed by atoms with E-state index in [9.17, 15) is 4.79 Å². The molecule has 0 bridgehead atoms. The fourth-order valence-corrected chi connectivity index (χ4v) is 1.23. The molecule has 1 unspecified atom stereocenters. The van der Waals surface area contributed by atoms with Gasteiger partial charge in [-0.2, -0.15) is 12.6 Å². The van der Waals surface area contributed by atoms with Crippen LogP contribution in [0.5, 0.6) is 0 Å². The predicted octanol–water partition coefficient (Wildman–Crippen LogP) is 2.05. The van der Waals surface area contributed by atoms with Gasteiger partial charge in [0.1, 0.15) is 5.25 Å². The fraction of sp³-hybridized carbons (Fsp3) is 0.125. The van der Waals surface area contributed by atoms with Crippen molar-refractivity contribution in [2.24, 2.45) is 0 Å². The highest BCUT2D eigenvalue weighted by Crippen LogP contribution is 2.20. The molecule has 0 N–H and O–H groups in total. The molecule has 0 saturated heterocycles. The lowest BCUT2D eigenvalue weighted by Gasteiger charge is -2.06. The first-order chi connectivity index (χ1) is 5.75. The highest BCUT2D eigenvalue weighted by Gasteiger charge is 2.15. The van der Waals surface area contributed by atoms with Gasteiger partial charge < -0.3 is 4.18 Å². The summed E-state index contributed by atoms with van der Waals surface area (Å²) in [5, 5.41) is -0.552. The van der Waals surface area contributed by atoms with Gasteiger partial charge in [0.2, 0.25) is 0 Å². The molecule has 4 heteroatoms. The van der Waals surface area contributed by atoms with Gasteiger partial charge in [-0.3, -0.25) is 0 Å². The lowest BCUT2D eigenvalue weighted by atomic mass is 10.1. The van der Waals surface area contributed by atoms with E-state index in [-0.39, 0.29) is 0 Å². The molecule has 1 aromatic rings. The van der Waals surface area contributed by atoms with Gasteiger partial charge in [-0.1, -0.05) is 30.3 Å². The Morgan fingerprint density at radius 3 is 2.42 bits per heavy atom. The maximum Gasteiger partial charge on any atom is 0.335 e. The molecule has 0 amide bonds. The van der Waals surface area contributed by atoms with Gasteiger partial charge in [-0.25, -0.2) is 4.79 Å². The Morgan fingerprint density at radius 1 is 1.33 bits per heavy atom. The third-order valence-electron chi connectivity index (χ3n) is 1.43. The Labute approximate surface area is 82.0 Å². The minimum atomic E-state index is -0.552. The lowest BCUT2D eigenvalue weighted by Crippen LogP contribution is -2.05. The van der Waals surface area contributed by atoms with Gasteiger partial charge in [0, 0.05) is 12.9 Å². The van der Waals surface area contributed by atoms with Crippen LogP contribution in [0.2, 0.25) is 0 Å². The first-order valence-corrected chi connectivity index (χ1v) is 4.22. The normalized spacial score (nSPS) is 12.2. The molecule has 1 atom stereocenters. The summed E-state index contributed by atoms with van der Waals surface area (Å²) in [6, 6.07) is 9.16. The fourth-order valence-electron chi connectivity index (χ4n) is 0.821. The second-order valence-corrected chi connectivity index (χ2v) is 2.92. The molecule has 0 aromatic heterocycles. The maximum absolute atomic E-state index is 10.9. The van der Waals surface area contributed by atoms with Crippen molar-refractivity contribution >= 4 is 31.5 Å². The molecule has 0 fully saturated rings. The van der Waals surface area contributed by atoms with Gasteiger partial charge in [0.25, 0.3) is 0 Å². The first kappa shape index (κ1) is 9.48. The van der Waals surface area contributed by atoms with Crippen molar-refractivity contribution in [3.05, 3.63) is 35.9 Å². The molecule has 0 heterocycles. The number of hydrogen-bond acceptors (Lipinski definition) is 4. The maximum atomic E-state index is 10.9. The average Bonchev–Trinajstić information content (AvgIpc) is 2.17. The molecular weight excluding hydrogens is 192 g/mol. The lowest BCUT2D eigenvalue weighted by molar-refractivity contribution is -0.132. The molecule has 0 aliphatic rings. The molecule has 1 aromatic carbocycles. The summed E-state index contributed by atoms with van der Waals surface area (Å²) in [5.41, 5.74) is 0.805. The van der Waals surface area contributed by atoms with E-state index in [2.05, 4.69) is 29.7 Å². The number of benzene rings is 1. The van der Waals surface area contributed by atoms with E-state index >= 15 is 0 Å². The van der Waals surface area contributed by atoms with Crippen LogP contribution in [0.4, 0.5) is 0 Å². The summed E-state index contributed by atoms with van der Waals surface area (Å²) in [4.78, 5) is 10.9. The summed E-state index contributed by atoms with van der Waals surface area (Å²) in [6.45, 7) is 0. The van der Waals surface area contributed by atoms with Gasteiger partial charge in [-0.15, -0.1) is 0 Å². The van der Waals surface area contributed by atoms with E-state index in [0.29, 0.717) is 0 Å². The number of thiol groups is 2. The van der Waals surface area contributed by atoms with E-state index < -0.39 is 11.2 Å². The third-order valence-corrected chi connectivity index (χ3v) is 2.12. The van der Waals surface area contributed by atoms with Crippen molar-refractivity contribution in [2.75, 3.05) is 0 Å². The van der Waals surface area contributed by atoms with Crippen LogP contribution in [0.25, 0.3) is 0 Å². The van der Waals surface area contributed by atoms with E-state index in [1.807, 2.05) is 30.3 Å². The second-order valence-electron chi connectivity index (χ2n) is 2.22. The van der Waals surface area contributed by atoms with E-state index in [0.717, 1.165) is 5.56 Å². The van der Waals surface area contributed by atoms with Crippen LogP contribution in [0.3, 0.4) is 0 Å². The smallest absolute Gasteiger partial charge is 0.335 e. The van der Waals surface area contributed by atoms with Crippen molar-refractivity contribution in [1.82, 2.24) is 0 Å². The summed E-state index contributed by atoms with van der Waals surface area (Å²) in [7, 11) is 0. The van der Waals surface area contributed by atoms with Crippen LogP contribution in [-0.2, 0) is 8.98 Å². The Morgan fingerprint density at radius 2 is 1.92 bits per heavy atom. The molecule has 1 rings (SSSR count). The Balaban J connectivity index is 2.78. The summed E-state index contributed by atoms with van der Waals surface area (Å²) >= 11 is 7.48. The molecule has 0 saturated carbocycles. The molecule has 0 aliphatic carbocycles. The monoisotopic (exact) mass is 200 g/mol. The highest BCUT2D eigenvalue weighted by molar-refractivity contribution is 7.81. The Hall–Kier alpha value is -0.610. The van der Waals surface area contributed by atoms with E-state index in [1.165, 1.54) is 0 Å². The van der Waals surface area contributed by atoms with Crippen molar-refractivity contribution in [3.8, 4) is 0 Å². The van der Waals surface area contributed by atoms with Gasteiger partial charge >= 0.3 is 5.97 Å². The molecule has 2 nitrogen and oxygen atoms in total. The van der Waals surface area contributed by atoms with Gasteiger partial charge in [0.15, 0.2) is 0 Å². The Kier molecular flexibility index (Phi) is 3.49. The zero-order chi connectivity index (χ0) is 8.97. The molecular formula is C8H8O2S2. The Bertz CT molecular complexity index is 261. The van der Waals surface area contributed by atoms with Crippen LogP contribution >= 0.6 is 25.5 Å². The van der Waals surface area contributed by atoms with E-state index in [1.54, 1.807) is 0 Å². The standard InChI is InChI=1S/C8H8O2S2/c9-8(10-12)7(11)6-4-2-1-3-5-6/h1-5,7,11-12H. The third kappa shape index (κ3) is 2.19. The van der Waals surface area contributed by atoms with E-state index in [4.69, 9.17) is 0 Å². The van der Waals surface area contributed by atoms with Crippen LogP contribution in [0, 0.1) is 0 Å². The average molecular weight is 200 g/mol. The molecule has 12 heavy (non-hydrogen) atoms. The summed E-state index contributed by atoms with van der Waals surface area (Å²) in [6.07, 6.45) is 0. The number of carbonyl (C=O) groups is 1. The second kappa shape index (κ2) is 4.42. The minimum Gasteiger partial charge on any atom is -0.394 e. The highest BCUT2D eigenvalue weighted by atomic mass is 32.1. The number of hydrogen-bond donors (Lipinski definition) is 2. The number of carbonyl (C=O) groups excluding carboxylic acids is 1. The molecule has 0 spiro atoms. The minimum absolute atomic E-state index is 0.465. The van der Waals surface area contributed by atoms with Crippen LogP contribution in [0.1, 0.15) is 10.8 Å². The SMILES string of the molecule is O=C(OS)C(S)c1ccccc1. The zero-order valence-corrected chi connectivity index (χ0v) is 7.96. The molecule has 0 radical (unpaired) electrons. The quantitative estimate of drug-likeness (QED) is 0.564. The predicted molar refractivity (Wildman–Crippen MR) is 53.2 cm³/mol. The number of rotatable bonds is 2. The summed E-state index contributed by atoms with van der Waals surface area (Å²) < 4.78 is 4.25. The molecule has 64 valence electrons. The van der Waals surface area contributed by atoms with Gasteiger partial charge in [0.05, 0.1) is 0 Å². The van der Waals surface area contributed by atoms with Crippen LogP contribution < -0.4 is 0 Å². The van der Waals surface area contributed by atoms with Crippen molar-refractivity contribution in [3.63, 3.8) is 0 Å². The van der Waals surface area contributed by atoms with Crippen molar-refractivity contribution in [2.45, 2.75) is 5.25 Å². The van der Waals surface area contributed by atoms with Crippen molar-refractivity contribution in [1.29, 1.82) is 0 Å².